The molecule has 5 nitrogen and oxygen atoms in total. The number of piperidine rings is 1. The Labute approximate surface area is 144 Å². The fourth-order valence-corrected chi connectivity index (χ4v) is 3.11. The van der Waals surface area contributed by atoms with Crippen LogP contribution >= 0.6 is 0 Å². The van der Waals surface area contributed by atoms with E-state index < -0.39 is 16.4 Å². The molecule has 23 heavy (non-hydrogen) atoms. The van der Waals surface area contributed by atoms with Crippen LogP contribution in [0.3, 0.4) is 0 Å². The number of ether oxygens (including phenoxy) is 1. The van der Waals surface area contributed by atoms with Crippen LogP contribution in [-0.2, 0) is 15.5 Å². The topological polar surface area (TPSA) is 58.6 Å². The molecule has 136 valence electrons. The minimum atomic E-state index is -0.806. The summed E-state index contributed by atoms with van der Waals surface area (Å²) >= 11 is 0. The predicted octanol–water partition coefficient (Wildman–Crippen LogP) is 2.91. The number of nitrogens with one attached hydrogen (secondary N) is 1. The summed E-state index contributed by atoms with van der Waals surface area (Å²) in [6.45, 7) is 11.3. The molecule has 4 atom stereocenters. The maximum Gasteiger partial charge on any atom is 0.410 e. The van der Waals surface area contributed by atoms with Crippen LogP contribution in [0.15, 0.2) is 0 Å². The Morgan fingerprint density at radius 2 is 2.00 bits per heavy atom. The highest BCUT2D eigenvalue weighted by atomic mass is 32.2. The molecule has 1 rings (SSSR count). The summed E-state index contributed by atoms with van der Waals surface area (Å²) in [6.07, 6.45) is 5.68. The summed E-state index contributed by atoms with van der Waals surface area (Å²) in [5.74, 6) is 0. The van der Waals surface area contributed by atoms with Gasteiger partial charge in [-0.15, -0.1) is 0 Å². The van der Waals surface area contributed by atoms with E-state index in [1.165, 1.54) is 0 Å². The van der Waals surface area contributed by atoms with Gasteiger partial charge in [-0.1, -0.05) is 0 Å². The van der Waals surface area contributed by atoms with Gasteiger partial charge in [0.1, 0.15) is 5.60 Å². The molecule has 4 unspecified atom stereocenters. The first-order valence-electron chi connectivity index (χ1n) is 8.65. The van der Waals surface area contributed by atoms with E-state index in [-0.39, 0.29) is 23.4 Å². The first-order chi connectivity index (χ1) is 10.6. The Hall–Kier alpha value is -0.620. The molecular weight excluding hydrogens is 312 g/mol. The lowest BCUT2D eigenvalue weighted by molar-refractivity contribution is 0.00792. The molecule has 1 aliphatic rings. The second-order valence-electron chi connectivity index (χ2n) is 7.68. The van der Waals surface area contributed by atoms with Crippen molar-refractivity contribution in [2.75, 3.05) is 19.3 Å². The lowest BCUT2D eigenvalue weighted by Crippen LogP contribution is -2.48. The molecule has 0 spiro atoms. The number of carbonyl (C=O) groups is 1. The summed E-state index contributed by atoms with van der Waals surface area (Å²) in [7, 11) is -0.806. The van der Waals surface area contributed by atoms with Crippen LogP contribution in [0, 0.1) is 0 Å². The third-order valence-corrected chi connectivity index (χ3v) is 5.50. The van der Waals surface area contributed by atoms with Crippen molar-refractivity contribution in [1.82, 2.24) is 10.2 Å². The highest BCUT2D eigenvalue weighted by Crippen LogP contribution is 2.23. The van der Waals surface area contributed by atoms with Gasteiger partial charge in [-0.3, -0.25) is 4.21 Å². The fraction of sp³-hybridized carbons (Fsp3) is 0.941. The van der Waals surface area contributed by atoms with E-state index in [0.29, 0.717) is 0 Å². The molecule has 0 bridgehead atoms. The maximum atomic E-state index is 12.4. The number of likely N-dealkylation sites (tertiary alicyclic amines) is 1. The SMILES string of the molecule is CC(CC1CCCCN1C(=O)OC(C)(C)C)NCC(C)S(C)=O. The highest BCUT2D eigenvalue weighted by molar-refractivity contribution is 7.84. The van der Waals surface area contributed by atoms with Gasteiger partial charge in [-0.25, -0.2) is 4.79 Å². The largest absolute Gasteiger partial charge is 0.444 e. The average Bonchev–Trinajstić information content (AvgIpc) is 2.43. The van der Waals surface area contributed by atoms with Crippen molar-refractivity contribution in [1.29, 1.82) is 0 Å². The van der Waals surface area contributed by atoms with Crippen LogP contribution in [-0.4, -0.2) is 57.5 Å². The Morgan fingerprint density at radius 3 is 2.57 bits per heavy atom. The molecule has 1 heterocycles. The third-order valence-electron chi connectivity index (χ3n) is 4.20. The van der Waals surface area contributed by atoms with E-state index in [0.717, 1.165) is 38.8 Å². The molecule has 0 aliphatic carbocycles. The molecular formula is C17H34N2O3S. The number of hydrogen-bond acceptors (Lipinski definition) is 4. The van der Waals surface area contributed by atoms with Gasteiger partial charge < -0.3 is 15.0 Å². The molecule has 1 fully saturated rings. The molecule has 0 aromatic heterocycles. The Morgan fingerprint density at radius 1 is 1.35 bits per heavy atom. The van der Waals surface area contributed by atoms with E-state index >= 15 is 0 Å². The fourth-order valence-electron chi connectivity index (χ4n) is 2.78. The van der Waals surface area contributed by atoms with Crippen molar-refractivity contribution in [2.24, 2.45) is 0 Å². The number of carbonyl (C=O) groups excluding carboxylic acids is 1. The summed E-state index contributed by atoms with van der Waals surface area (Å²) in [5, 5.41) is 3.59. The van der Waals surface area contributed by atoms with Crippen LogP contribution in [0.4, 0.5) is 4.79 Å². The second-order valence-corrected chi connectivity index (χ2v) is 9.48. The van der Waals surface area contributed by atoms with Gasteiger partial charge in [-0.05, 0) is 60.3 Å². The van der Waals surface area contributed by atoms with Crippen LogP contribution in [0.2, 0.25) is 0 Å². The van der Waals surface area contributed by atoms with Crippen molar-refractivity contribution in [3.63, 3.8) is 0 Å². The summed E-state index contributed by atoms with van der Waals surface area (Å²) in [4.78, 5) is 14.3. The summed E-state index contributed by atoms with van der Waals surface area (Å²) in [6, 6.07) is 0.512. The second kappa shape index (κ2) is 9.02. The van der Waals surface area contributed by atoms with Gasteiger partial charge in [0.05, 0.1) is 0 Å². The Bertz CT molecular complexity index is 409. The Kier molecular flexibility index (Phi) is 8.01. The van der Waals surface area contributed by atoms with Crippen molar-refractivity contribution in [2.45, 2.75) is 83.2 Å². The van der Waals surface area contributed by atoms with Crippen molar-refractivity contribution in [3.8, 4) is 0 Å². The third kappa shape index (κ3) is 7.66. The van der Waals surface area contributed by atoms with Gasteiger partial charge in [0, 0.05) is 47.5 Å². The van der Waals surface area contributed by atoms with Crippen LogP contribution < -0.4 is 5.32 Å². The van der Waals surface area contributed by atoms with E-state index in [2.05, 4.69) is 12.2 Å². The maximum absolute atomic E-state index is 12.4. The van der Waals surface area contributed by atoms with E-state index in [9.17, 15) is 9.00 Å². The number of rotatable bonds is 6. The van der Waals surface area contributed by atoms with E-state index in [4.69, 9.17) is 4.74 Å². The zero-order valence-electron chi connectivity index (χ0n) is 15.6. The monoisotopic (exact) mass is 346 g/mol. The standard InChI is InChI=1S/C17H34N2O3S/c1-13(18-12-14(2)23(6)21)11-15-9-7-8-10-19(15)16(20)22-17(3,4)5/h13-15,18H,7-12H2,1-6H3. The van der Waals surface area contributed by atoms with Crippen LogP contribution in [0.5, 0.6) is 0 Å². The molecule has 0 aromatic rings. The zero-order valence-corrected chi connectivity index (χ0v) is 16.4. The summed E-state index contributed by atoms with van der Waals surface area (Å²) in [5.41, 5.74) is -0.455. The van der Waals surface area contributed by atoms with Crippen LogP contribution in [0.25, 0.3) is 0 Å². The minimum Gasteiger partial charge on any atom is -0.444 e. The normalized spacial score (nSPS) is 23.2. The number of nitrogens with zero attached hydrogens (tertiary/aromatic N) is 1. The van der Waals surface area contributed by atoms with Gasteiger partial charge in [0.15, 0.2) is 0 Å². The molecule has 1 saturated heterocycles. The first kappa shape index (κ1) is 20.4. The predicted molar refractivity (Wildman–Crippen MR) is 96.2 cm³/mol. The van der Waals surface area contributed by atoms with Crippen molar-refractivity contribution >= 4 is 16.9 Å². The van der Waals surface area contributed by atoms with Gasteiger partial charge in [0.25, 0.3) is 0 Å². The zero-order chi connectivity index (χ0) is 17.6. The van der Waals surface area contributed by atoms with Crippen molar-refractivity contribution < 1.29 is 13.7 Å². The number of hydrogen-bond donors (Lipinski definition) is 1. The smallest absolute Gasteiger partial charge is 0.410 e. The quantitative estimate of drug-likeness (QED) is 0.803. The molecule has 6 heteroatoms. The van der Waals surface area contributed by atoms with Gasteiger partial charge in [-0.2, -0.15) is 0 Å². The molecule has 1 aliphatic heterocycles. The van der Waals surface area contributed by atoms with E-state index in [1.54, 1.807) is 6.26 Å². The molecule has 0 radical (unpaired) electrons. The minimum absolute atomic E-state index is 0.144. The van der Waals surface area contributed by atoms with Crippen LogP contribution in [0.1, 0.15) is 60.3 Å². The molecule has 1 amide bonds. The summed E-state index contributed by atoms with van der Waals surface area (Å²) < 4.78 is 17.0. The molecule has 0 aromatic carbocycles. The van der Waals surface area contributed by atoms with Gasteiger partial charge >= 0.3 is 6.09 Å². The van der Waals surface area contributed by atoms with Crippen molar-refractivity contribution in [3.05, 3.63) is 0 Å². The van der Waals surface area contributed by atoms with Gasteiger partial charge in [0.2, 0.25) is 0 Å². The molecule has 0 saturated carbocycles. The molecule has 1 N–H and O–H groups in total. The Balaban J connectivity index is 2.54. The van der Waals surface area contributed by atoms with E-state index in [1.807, 2.05) is 32.6 Å². The lowest BCUT2D eigenvalue weighted by Gasteiger charge is -2.38. The number of amides is 1. The highest BCUT2D eigenvalue weighted by Gasteiger charge is 2.31. The lowest BCUT2D eigenvalue weighted by atomic mass is 9.96. The first-order valence-corrected chi connectivity index (χ1v) is 10.3. The average molecular weight is 347 g/mol.